The highest BCUT2D eigenvalue weighted by Gasteiger charge is 2.55. The van der Waals surface area contributed by atoms with Gasteiger partial charge in [-0.1, -0.05) is 5.21 Å². The van der Waals surface area contributed by atoms with Gasteiger partial charge in [-0.3, -0.25) is 5.32 Å². The van der Waals surface area contributed by atoms with Crippen LogP contribution in [-0.4, -0.2) is 33.7 Å². The Morgan fingerprint density at radius 1 is 1.61 bits per heavy atom. The van der Waals surface area contributed by atoms with Gasteiger partial charge in [0.25, 0.3) is 0 Å². The fraction of sp³-hybridized carbons (Fsp3) is 0.667. The molecule has 1 fully saturated rings. The van der Waals surface area contributed by atoms with Crippen LogP contribution in [0.3, 0.4) is 0 Å². The molecule has 2 rings (SSSR count). The van der Waals surface area contributed by atoms with Crippen molar-refractivity contribution in [3.8, 4) is 0 Å². The molecule has 1 aromatic rings. The Kier molecular flexibility index (Phi) is 3.14. The average Bonchev–Trinajstić information content (AvgIpc) is 2.96. The van der Waals surface area contributed by atoms with Crippen LogP contribution in [0.15, 0.2) is 6.20 Å². The summed E-state index contributed by atoms with van der Waals surface area (Å²) in [4.78, 5) is 11.4. The van der Waals surface area contributed by atoms with Crippen LogP contribution >= 0.6 is 0 Å². The highest BCUT2D eigenvalue weighted by Crippen LogP contribution is 2.49. The number of rotatable bonds is 3. The van der Waals surface area contributed by atoms with Crippen LogP contribution in [0.4, 0.5) is 23.8 Å². The van der Waals surface area contributed by atoms with Gasteiger partial charge in [-0.25, -0.2) is 9.48 Å². The van der Waals surface area contributed by atoms with E-state index in [-0.39, 0.29) is 13.0 Å². The van der Waals surface area contributed by atoms with Crippen molar-refractivity contribution in [2.45, 2.75) is 12.6 Å². The lowest BCUT2D eigenvalue weighted by Crippen LogP contribution is -2.32. The smallest absolute Gasteiger partial charge is 0.338 e. The molecule has 0 radical (unpaired) electrons. The molecule has 1 heterocycles. The number of carbonyl (C=O) groups excluding carboxylic acids is 1. The SMILES string of the molecule is Cn1nncc1NC(=O)NC[C@@H]1C[C@H]1C(F)(F)F. The van der Waals surface area contributed by atoms with Crippen LogP contribution in [0.1, 0.15) is 6.42 Å². The minimum absolute atomic E-state index is 0.0152. The number of aromatic nitrogens is 3. The number of carbonyl (C=O) groups is 1. The molecule has 0 saturated heterocycles. The van der Waals surface area contributed by atoms with Gasteiger partial charge in [0, 0.05) is 13.6 Å². The number of halogens is 3. The molecule has 0 aliphatic heterocycles. The van der Waals surface area contributed by atoms with E-state index >= 15 is 0 Å². The third kappa shape index (κ3) is 2.90. The molecular formula is C9H12F3N5O. The zero-order valence-electron chi connectivity index (χ0n) is 9.53. The van der Waals surface area contributed by atoms with Gasteiger partial charge in [-0.05, 0) is 12.3 Å². The van der Waals surface area contributed by atoms with Crippen molar-refractivity contribution in [1.29, 1.82) is 0 Å². The largest absolute Gasteiger partial charge is 0.392 e. The van der Waals surface area contributed by atoms with Crippen molar-refractivity contribution in [3.63, 3.8) is 0 Å². The van der Waals surface area contributed by atoms with E-state index < -0.39 is 24.0 Å². The van der Waals surface area contributed by atoms with Crippen LogP contribution < -0.4 is 10.6 Å². The van der Waals surface area contributed by atoms with Crippen molar-refractivity contribution in [2.75, 3.05) is 11.9 Å². The zero-order chi connectivity index (χ0) is 13.3. The van der Waals surface area contributed by atoms with Crippen molar-refractivity contribution < 1.29 is 18.0 Å². The van der Waals surface area contributed by atoms with Crippen LogP contribution in [0.2, 0.25) is 0 Å². The summed E-state index contributed by atoms with van der Waals surface area (Å²) in [6.45, 7) is 0.0152. The number of hydrogen-bond acceptors (Lipinski definition) is 3. The van der Waals surface area contributed by atoms with Gasteiger partial charge in [0.15, 0.2) is 5.82 Å². The lowest BCUT2D eigenvalue weighted by Gasteiger charge is -2.08. The summed E-state index contributed by atoms with van der Waals surface area (Å²) in [6.07, 6.45) is -2.74. The number of aryl methyl sites for hydroxylation is 1. The number of alkyl halides is 3. The van der Waals surface area contributed by atoms with Gasteiger partial charge < -0.3 is 5.32 Å². The number of nitrogens with zero attached hydrogens (tertiary/aromatic N) is 3. The second kappa shape index (κ2) is 4.46. The average molecular weight is 263 g/mol. The normalized spacial score (nSPS) is 22.7. The van der Waals surface area contributed by atoms with Gasteiger partial charge >= 0.3 is 12.2 Å². The second-order valence-corrected chi connectivity index (χ2v) is 4.22. The molecule has 1 saturated carbocycles. The number of urea groups is 1. The van der Waals surface area contributed by atoms with E-state index in [1.54, 1.807) is 7.05 Å². The molecule has 9 heteroatoms. The van der Waals surface area contributed by atoms with E-state index in [0.717, 1.165) is 0 Å². The molecule has 6 nitrogen and oxygen atoms in total. The molecule has 0 spiro atoms. The monoisotopic (exact) mass is 263 g/mol. The van der Waals surface area contributed by atoms with Crippen LogP contribution in [0, 0.1) is 11.8 Å². The van der Waals surface area contributed by atoms with Gasteiger partial charge in [-0.2, -0.15) is 13.2 Å². The molecule has 1 aromatic heterocycles. The van der Waals surface area contributed by atoms with E-state index in [9.17, 15) is 18.0 Å². The van der Waals surface area contributed by atoms with Crippen LogP contribution in [-0.2, 0) is 7.05 Å². The summed E-state index contributed by atoms with van der Waals surface area (Å²) in [7, 11) is 1.59. The first-order valence-corrected chi connectivity index (χ1v) is 5.34. The number of anilines is 1. The maximum atomic E-state index is 12.2. The highest BCUT2D eigenvalue weighted by atomic mass is 19.4. The second-order valence-electron chi connectivity index (χ2n) is 4.22. The van der Waals surface area contributed by atoms with E-state index in [1.165, 1.54) is 10.9 Å². The lowest BCUT2D eigenvalue weighted by atomic mass is 10.3. The summed E-state index contributed by atoms with van der Waals surface area (Å²) in [5.41, 5.74) is 0. The first-order chi connectivity index (χ1) is 8.38. The van der Waals surface area contributed by atoms with Crippen molar-refractivity contribution in [2.24, 2.45) is 18.9 Å². The first-order valence-electron chi connectivity index (χ1n) is 5.34. The summed E-state index contributed by atoms with van der Waals surface area (Å²) in [5.74, 6) is -1.42. The maximum Gasteiger partial charge on any atom is 0.392 e. The maximum absolute atomic E-state index is 12.2. The molecular weight excluding hydrogens is 251 g/mol. The molecule has 2 atom stereocenters. The fourth-order valence-electron chi connectivity index (χ4n) is 1.66. The molecule has 18 heavy (non-hydrogen) atoms. The van der Waals surface area contributed by atoms with Gasteiger partial charge in [-0.15, -0.1) is 5.10 Å². The number of nitrogens with one attached hydrogen (secondary N) is 2. The Balaban J connectivity index is 1.73. The predicted octanol–water partition coefficient (Wildman–Crippen LogP) is 1.14. The minimum atomic E-state index is -4.16. The Bertz CT molecular complexity index is 444. The summed E-state index contributed by atoms with van der Waals surface area (Å²) in [5, 5.41) is 12.0. The molecule has 100 valence electrons. The lowest BCUT2D eigenvalue weighted by molar-refractivity contribution is -0.150. The molecule has 0 bridgehead atoms. The summed E-state index contributed by atoms with van der Waals surface area (Å²) in [6, 6.07) is -0.562. The van der Waals surface area contributed by atoms with Gasteiger partial charge in [0.2, 0.25) is 0 Å². The molecule has 2 N–H and O–H groups in total. The highest BCUT2D eigenvalue weighted by molar-refractivity contribution is 5.88. The van der Waals surface area contributed by atoms with Crippen molar-refractivity contribution in [1.82, 2.24) is 20.3 Å². The van der Waals surface area contributed by atoms with E-state index in [2.05, 4.69) is 20.9 Å². The van der Waals surface area contributed by atoms with Crippen LogP contribution in [0.5, 0.6) is 0 Å². The third-order valence-corrected chi connectivity index (χ3v) is 2.82. The minimum Gasteiger partial charge on any atom is -0.338 e. The fourth-order valence-corrected chi connectivity index (χ4v) is 1.66. The Hall–Kier alpha value is -1.80. The Morgan fingerprint density at radius 3 is 2.83 bits per heavy atom. The molecule has 0 aromatic carbocycles. The third-order valence-electron chi connectivity index (χ3n) is 2.82. The Morgan fingerprint density at radius 2 is 2.33 bits per heavy atom. The summed E-state index contributed by atoms with van der Waals surface area (Å²) < 4.78 is 38.0. The molecule has 1 aliphatic carbocycles. The Labute approximate surface area is 101 Å². The number of amides is 2. The standard InChI is InChI=1S/C9H12F3N5O/c1-17-7(4-14-16-17)15-8(18)13-3-5-2-6(5)9(10,11)12/h4-6H,2-3H2,1H3,(H2,13,15,18)/t5-,6+/m0/s1. The van der Waals surface area contributed by atoms with Gasteiger partial charge in [0.05, 0.1) is 12.1 Å². The topological polar surface area (TPSA) is 71.8 Å². The van der Waals surface area contributed by atoms with E-state index in [1.807, 2.05) is 0 Å². The molecule has 0 unspecified atom stereocenters. The van der Waals surface area contributed by atoms with Gasteiger partial charge in [0.1, 0.15) is 0 Å². The quantitative estimate of drug-likeness (QED) is 0.858. The summed E-state index contributed by atoms with van der Waals surface area (Å²) >= 11 is 0. The zero-order valence-corrected chi connectivity index (χ0v) is 9.53. The predicted molar refractivity (Wildman–Crippen MR) is 55.7 cm³/mol. The van der Waals surface area contributed by atoms with Crippen molar-refractivity contribution in [3.05, 3.63) is 6.20 Å². The number of hydrogen-bond donors (Lipinski definition) is 2. The van der Waals surface area contributed by atoms with Crippen molar-refractivity contribution >= 4 is 11.8 Å². The van der Waals surface area contributed by atoms with Crippen LogP contribution in [0.25, 0.3) is 0 Å². The first kappa shape index (κ1) is 12.7. The van der Waals surface area contributed by atoms with E-state index in [0.29, 0.717) is 5.82 Å². The molecule has 2 amide bonds. The van der Waals surface area contributed by atoms with E-state index in [4.69, 9.17) is 0 Å². The molecule has 1 aliphatic rings.